The minimum Gasteiger partial charge on any atom is -0.376 e. The molecule has 0 unspecified atom stereocenters. The third kappa shape index (κ3) is 5.02. The van der Waals surface area contributed by atoms with Gasteiger partial charge < -0.3 is 15.1 Å². The molecule has 3 aromatic rings. The maximum atomic E-state index is 12.8. The van der Waals surface area contributed by atoms with Crippen LogP contribution in [0.25, 0.3) is 0 Å². The molecule has 0 atom stereocenters. The van der Waals surface area contributed by atoms with E-state index in [0.717, 1.165) is 17.1 Å². The number of carbonyl (C=O) groups excluding carboxylic acids is 2. The first-order valence-electron chi connectivity index (χ1n) is 9.62. The van der Waals surface area contributed by atoms with Crippen LogP contribution < -0.4 is 15.1 Å². The van der Waals surface area contributed by atoms with Gasteiger partial charge in [0.1, 0.15) is 0 Å². The van der Waals surface area contributed by atoms with E-state index in [1.54, 1.807) is 29.0 Å². The normalized spacial score (nSPS) is 10.3. The predicted molar refractivity (Wildman–Crippen MR) is 119 cm³/mol. The van der Waals surface area contributed by atoms with Gasteiger partial charge in [-0.25, -0.2) is 0 Å². The highest BCUT2D eigenvalue weighted by Gasteiger charge is 2.15. The van der Waals surface area contributed by atoms with Gasteiger partial charge in [0.15, 0.2) is 0 Å². The second-order valence-corrected chi connectivity index (χ2v) is 6.61. The van der Waals surface area contributed by atoms with Crippen LogP contribution in [0.4, 0.5) is 17.1 Å². The molecule has 0 aromatic heterocycles. The lowest BCUT2D eigenvalue weighted by Crippen LogP contribution is -2.35. The fraction of sp³-hybridized carbons (Fsp3) is 0.167. The largest absolute Gasteiger partial charge is 0.376 e. The molecule has 0 aliphatic carbocycles. The van der Waals surface area contributed by atoms with Gasteiger partial charge in [-0.05, 0) is 49.4 Å². The Hall–Kier alpha value is -3.60. The third-order valence-corrected chi connectivity index (χ3v) is 4.69. The van der Waals surface area contributed by atoms with Crippen LogP contribution in [0.5, 0.6) is 0 Å². The lowest BCUT2D eigenvalue weighted by Gasteiger charge is -2.21. The van der Waals surface area contributed by atoms with Crippen LogP contribution in [0.15, 0.2) is 84.9 Å². The van der Waals surface area contributed by atoms with Crippen molar-refractivity contribution in [3.05, 3.63) is 90.5 Å². The van der Waals surface area contributed by atoms with Crippen LogP contribution in [-0.4, -0.2) is 32.0 Å². The molecular weight excluding hydrogens is 362 g/mol. The van der Waals surface area contributed by atoms with Crippen molar-refractivity contribution in [2.24, 2.45) is 0 Å². The maximum Gasteiger partial charge on any atom is 0.258 e. The summed E-state index contributed by atoms with van der Waals surface area (Å²) >= 11 is 0. The molecule has 148 valence electrons. The number of amides is 2. The standard InChI is InChI=1S/C24H25N3O2/c1-3-27(22-15-8-5-9-16-22)23(28)18-25-20-12-10-11-19(17-20)24(29)26(2)21-13-6-4-7-14-21/h4-17,25H,3,18H2,1-2H3. The van der Waals surface area contributed by atoms with E-state index in [9.17, 15) is 9.59 Å². The van der Waals surface area contributed by atoms with Gasteiger partial charge in [0, 0.05) is 36.2 Å². The molecule has 3 rings (SSSR count). The monoisotopic (exact) mass is 387 g/mol. The van der Waals surface area contributed by atoms with E-state index in [1.807, 2.05) is 79.7 Å². The highest BCUT2D eigenvalue weighted by molar-refractivity contribution is 6.06. The van der Waals surface area contributed by atoms with Gasteiger partial charge in [-0.3, -0.25) is 9.59 Å². The number of nitrogens with one attached hydrogen (secondary N) is 1. The quantitative estimate of drug-likeness (QED) is 0.653. The number of anilines is 3. The number of hydrogen-bond donors (Lipinski definition) is 1. The number of nitrogens with zero attached hydrogens (tertiary/aromatic N) is 2. The first-order chi connectivity index (χ1) is 14.1. The minimum atomic E-state index is -0.106. The van der Waals surface area contributed by atoms with Crippen molar-refractivity contribution in [3.8, 4) is 0 Å². The van der Waals surface area contributed by atoms with E-state index in [4.69, 9.17) is 0 Å². The molecule has 0 radical (unpaired) electrons. The Kier molecular flexibility index (Phi) is 6.63. The Labute approximate surface area is 171 Å². The van der Waals surface area contributed by atoms with Crippen LogP contribution in [0.2, 0.25) is 0 Å². The van der Waals surface area contributed by atoms with E-state index in [2.05, 4.69) is 5.32 Å². The molecule has 0 saturated carbocycles. The number of para-hydroxylation sites is 2. The van der Waals surface area contributed by atoms with E-state index in [1.165, 1.54) is 0 Å². The number of likely N-dealkylation sites (N-methyl/N-ethyl adjacent to an activating group) is 1. The first-order valence-corrected chi connectivity index (χ1v) is 9.62. The molecule has 0 bridgehead atoms. The number of carbonyl (C=O) groups is 2. The van der Waals surface area contributed by atoms with Gasteiger partial charge in [-0.1, -0.05) is 42.5 Å². The maximum absolute atomic E-state index is 12.8. The molecule has 0 fully saturated rings. The zero-order valence-electron chi connectivity index (χ0n) is 16.7. The predicted octanol–water partition coefficient (Wildman–Crippen LogP) is 4.43. The molecule has 5 nitrogen and oxygen atoms in total. The van der Waals surface area contributed by atoms with Gasteiger partial charge in [-0.2, -0.15) is 0 Å². The molecule has 0 heterocycles. The Morgan fingerprint density at radius 1 is 0.828 bits per heavy atom. The summed E-state index contributed by atoms with van der Waals surface area (Å²) in [5, 5.41) is 3.14. The molecule has 0 aliphatic rings. The second kappa shape index (κ2) is 9.55. The number of benzene rings is 3. The van der Waals surface area contributed by atoms with E-state index in [-0.39, 0.29) is 18.4 Å². The summed E-state index contributed by atoms with van der Waals surface area (Å²) < 4.78 is 0. The van der Waals surface area contributed by atoms with Crippen LogP contribution in [0, 0.1) is 0 Å². The molecule has 5 heteroatoms. The van der Waals surface area contributed by atoms with Crippen LogP contribution in [0.3, 0.4) is 0 Å². The van der Waals surface area contributed by atoms with Crippen molar-refractivity contribution in [1.29, 1.82) is 0 Å². The highest BCUT2D eigenvalue weighted by atomic mass is 16.2. The average molecular weight is 387 g/mol. The molecule has 2 amide bonds. The lowest BCUT2D eigenvalue weighted by atomic mass is 10.1. The van der Waals surface area contributed by atoms with Gasteiger partial charge in [0.2, 0.25) is 5.91 Å². The molecule has 0 saturated heterocycles. The second-order valence-electron chi connectivity index (χ2n) is 6.61. The van der Waals surface area contributed by atoms with Gasteiger partial charge in [0.25, 0.3) is 5.91 Å². The number of hydrogen-bond acceptors (Lipinski definition) is 3. The number of rotatable bonds is 7. The van der Waals surface area contributed by atoms with Crippen molar-refractivity contribution in [2.75, 3.05) is 35.3 Å². The SMILES string of the molecule is CCN(C(=O)CNc1cccc(C(=O)N(C)c2ccccc2)c1)c1ccccc1. The molecule has 3 aromatic carbocycles. The summed E-state index contributed by atoms with van der Waals surface area (Å²) in [5.41, 5.74) is 2.99. The molecule has 1 N–H and O–H groups in total. The summed E-state index contributed by atoms with van der Waals surface area (Å²) in [7, 11) is 1.75. The summed E-state index contributed by atoms with van der Waals surface area (Å²) in [6.07, 6.45) is 0. The van der Waals surface area contributed by atoms with E-state index in [0.29, 0.717) is 12.1 Å². The average Bonchev–Trinajstić information content (AvgIpc) is 2.78. The Morgan fingerprint density at radius 2 is 1.45 bits per heavy atom. The first kappa shape index (κ1) is 20.1. The molecule has 0 aliphatic heterocycles. The Morgan fingerprint density at radius 3 is 2.07 bits per heavy atom. The highest BCUT2D eigenvalue weighted by Crippen LogP contribution is 2.18. The van der Waals surface area contributed by atoms with Crippen LogP contribution >= 0.6 is 0 Å². The Balaban J connectivity index is 1.67. The summed E-state index contributed by atoms with van der Waals surface area (Å²) in [6, 6.07) is 26.3. The van der Waals surface area contributed by atoms with Crippen molar-refractivity contribution in [1.82, 2.24) is 0 Å². The van der Waals surface area contributed by atoms with Crippen molar-refractivity contribution < 1.29 is 9.59 Å². The van der Waals surface area contributed by atoms with Crippen molar-refractivity contribution in [2.45, 2.75) is 6.92 Å². The topological polar surface area (TPSA) is 52.7 Å². The third-order valence-electron chi connectivity index (χ3n) is 4.69. The lowest BCUT2D eigenvalue weighted by molar-refractivity contribution is -0.116. The van der Waals surface area contributed by atoms with E-state index >= 15 is 0 Å². The molecule has 29 heavy (non-hydrogen) atoms. The van der Waals surface area contributed by atoms with Gasteiger partial charge >= 0.3 is 0 Å². The van der Waals surface area contributed by atoms with E-state index < -0.39 is 0 Å². The fourth-order valence-electron chi connectivity index (χ4n) is 3.11. The summed E-state index contributed by atoms with van der Waals surface area (Å²) in [5.74, 6) is -0.137. The minimum absolute atomic E-state index is 0.0307. The zero-order chi connectivity index (χ0) is 20.6. The van der Waals surface area contributed by atoms with Gasteiger partial charge in [0.05, 0.1) is 6.54 Å². The van der Waals surface area contributed by atoms with Crippen LogP contribution in [-0.2, 0) is 4.79 Å². The summed E-state index contributed by atoms with van der Waals surface area (Å²) in [6.45, 7) is 2.68. The summed E-state index contributed by atoms with van der Waals surface area (Å²) in [4.78, 5) is 28.8. The zero-order valence-corrected chi connectivity index (χ0v) is 16.7. The van der Waals surface area contributed by atoms with Gasteiger partial charge in [-0.15, -0.1) is 0 Å². The van der Waals surface area contributed by atoms with Crippen LogP contribution in [0.1, 0.15) is 17.3 Å². The Bertz CT molecular complexity index is 958. The molecule has 0 spiro atoms. The smallest absolute Gasteiger partial charge is 0.258 e. The van der Waals surface area contributed by atoms with Crippen molar-refractivity contribution >= 4 is 28.9 Å². The van der Waals surface area contributed by atoms with Crippen molar-refractivity contribution in [3.63, 3.8) is 0 Å². The fourth-order valence-corrected chi connectivity index (χ4v) is 3.11. The molecular formula is C24H25N3O2.